The number of alkyl halides is 3. The fraction of sp³-hybridized carbons (Fsp3) is 0.364. The third kappa shape index (κ3) is 5.79. The molecule has 1 amide bonds. The molecule has 3 nitrogen and oxygen atoms in total. The number of anilines is 1. The molecule has 17 heavy (non-hydrogen) atoms. The van der Waals surface area contributed by atoms with E-state index in [2.05, 4.69) is 5.32 Å². The SMILES string of the molecule is Nc1cccc(CC(=O)NCCC(F)(F)F)c1. The number of nitrogens with two attached hydrogens (primary N) is 1. The van der Waals surface area contributed by atoms with Crippen LogP contribution in [0.2, 0.25) is 0 Å². The number of nitrogens with one attached hydrogen (secondary N) is 1. The van der Waals surface area contributed by atoms with Crippen LogP contribution in [0, 0.1) is 0 Å². The molecule has 0 saturated heterocycles. The van der Waals surface area contributed by atoms with E-state index in [4.69, 9.17) is 5.73 Å². The van der Waals surface area contributed by atoms with Crippen molar-refractivity contribution in [2.45, 2.75) is 19.0 Å². The van der Waals surface area contributed by atoms with Crippen LogP contribution in [0.4, 0.5) is 18.9 Å². The van der Waals surface area contributed by atoms with E-state index in [0.717, 1.165) is 0 Å². The van der Waals surface area contributed by atoms with Crippen LogP contribution in [-0.4, -0.2) is 18.6 Å². The fourth-order valence-electron chi connectivity index (χ4n) is 1.29. The first-order valence-electron chi connectivity index (χ1n) is 5.05. The van der Waals surface area contributed by atoms with Crippen LogP contribution in [0.5, 0.6) is 0 Å². The summed E-state index contributed by atoms with van der Waals surface area (Å²) in [5.41, 5.74) is 6.71. The van der Waals surface area contributed by atoms with Crippen LogP contribution in [0.3, 0.4) is 0 Å². The first-order valence-corrected chi connectivity index (χ1v) is 5.05. The van der Waals surface area contributed by atoms with Crippen LogP contribution in [-0.2, 0) is 11.2 Å². The number of carbonyl (C=O) groups is 1. The van der Waals surface area contributed by atoms with Gasteiger partial charge in [-0.15, -0.1) is 0 Å². The molecular weight excluding hydrogens is 233 g/mol. The summed E-state index contributed by atoms with van der Waals surface area (Å²) < 4.78 is 35.5. The van der Waals surface area contributed by atoms with Gasteiger partial charge in [-0.3, -0.25) is 4.79 Å². The Balaban J connectivity index is 2.35. The summed E-state index contributed by atoms with van der Waals surface area (Å²) in [6, 6.07) is 6.67. The van der Waals surface area contributed by atoms with E-state index in [0.29, 0.717) is 11.3 Å². The summed E-state index contributed by atoms with van der Waals surface area (Å²) in [5, 5.41) is 2.21. The monoisotopic (exact) mass is 246 g/mol. The number of amides is 1. The quantitative estimate of drug-likeness (QED) is 0.797. The number of rotatable bonds is 4. The molecule has 0 atom stereocenters. The number of hydrogen-bond acceptors (Lipinski definition) is 2. The Morgan fingerprint density at radius 2 is 2.06 bits per heavy atom. The van der Waals surface area contributed by atoms with E-state index < -0.39 is 25.0 Å². The van der Waals surface area contributed by atoms with Gasteiger partial charge < -0.3 is 11.1 Å². The molecule has 0 unspecified atom stereocenters. The average molecular weight is 246 g/mol. The Morgan fingerprint density at radius 3 is 2.65 bits per heavy atom. The molecule has 0 aliphatic carbocycles. The molecule has 0 heterocycles. The van der Waals surface area contributed by atoms with Gasteiger partial charge in [-0.05, 0) is 17.7 Å². The molecule has 0 radical (unpaired) electrons. The normalized spacial score (nSPS) is 11.2. The van der Waals surface area contributed by atoms with Crippen LogP contribution < -0.4 is 11.1 Å². The smallest absolute Gasteiger partial charge is 0.390 e. The first kappa shape index (κ1) is 13.3. The molecule has 1 aromatic carbocycles. The molecule has 1 rings (SSSR count). The molecule has 1 aromatic rings. The van der Waals surface area contributed by atoms with Crippen molar-refractivity contribution in [1.29, 1.82) is 0 Å². The van der Waals surface area contributed by atoms with Crippen molar-refractivity contribution in [3.8, 4) is 0 Å². The maximum absolute atomic E-state index is 11.8. The maximum Gasteiger partial charge on any atom is 0.390 e. The third-order valence-corrected chi connectivity index (χ3v) is 2.05. The van der Waals surface area contributed by atoms with Crippen molar-refractivity contribution in [3.63, 3.8) is 0 Å². The zero-order valence-electron chi connectivity index (χ0n) is 9.05. The lowest BCUT2D eigenvalue weighted by atomic mass is 10.1. The van der Waals surface area contributed by atoms with Crippen molar-refractivity contribution in [1.82, 2.24) is 5.32 Å². The number of benzene rings is 1. The zero-order chi connectivity index (χ0) is 12.9. The van der Waals surface area contributed by atoms with E-state index in [-0.39, 0.29) is 6.42 Å². The van der Waals surface area contributed by atoms with E-state index in [9.17, 15) is 18.0 Å². The second-order valence-corrected chi connectivity index (χ2v) is 3.64. The highest BCUT2D eigenvalue weighted by molar-refractivity contribution is 5.78. The largest absolute Gasteiger partial charge is 0.399 e. The molecule has 6 heteroatoms. The highest BCUT2D eigenvalue weighted by Gasteiger charge is 2.26. The van der Waals surface area contributed by atoms with Gasteiger partial charge in [-0.2, -0.15) is 13.2 Å². The summed E-state index contributed by atoms with van der Waals surface area (Å²) in [7, 11) is 0. The fourth-order valence-corrected chi connectivity index (χ4v) is 1.29. The van der Waals surface area contributed by atoms with Crippen molar-refractivity contribution >= 4 is 11.6 Å². The highest BCUT2D eigenvalue weighted by Crippen LogP contribution is 2.18. The Bertz CT molecular complexity index is 391. The summed E-state index contributed by atoms with van der Waals surface area (Å²) in [6.45, 7) is -0.398. The molecule has 0 aromatic heterocycles. The van der Waals surface area contributed by atoms with Crippen molar-refractivity contribution in [2.24, 2.45) is 0 Å². The standard InChI is InChI=1S/C11H13F3N2O/c12-11(13,14)4-5-16-10(17)7-8-2-1-3-9(15)6-8/h1-3,6H,4-5,7,15H2,(H,16,17). The lowest BCUT2D eigenvalue weighted by Gasteiger charge is -2.08. The van der Waals surface area contributed by atoms with Crippen LogP contribution in [0.25, 0.3) is 0 Å². The van der Waals surface area contributed by atoms with Gasteiger partial charge in [-0.25, -0.2) is 0 Å². The van der Waals surface area contributed by atoms with E-state index in [1.54, 1.807) is 24.3 Å². The molecule has 0 fully saturated rings. The minimum atomic E-state index is -4.25. The van der Waals surface area contributed by atoms with E-state index in [1.807, 2.05) is 0 Å². The second kappa shape index (κ2) is 5.56. The first-order chi connectivity index (χ1) is 7.87. The molecule has 3 N–H and O–H groups in total. The zero-order valence-corrected chi connectivity index (χ0v) is 9.05. The van der Waals surface area contributed by atoms with Gasteiger partial charge in [-0.1, -0.05) is 12.1 Å². The van der Waals surface area contributed by atoms with Crippen molar-refractivity contribution in [3.05, 3.63) is 29.8 Å². The van der Waals surface area contributed by atoms with Crippen LogP contribution in [0.15, 0.2) is 24.3 Å². The molecular formula is C11H13F3N2O. The molecule has 0 spiro atoms. The predicted molar refractivity (Wildman–Crippen MR) is 58.2 cm³/mol. The highest BCUT2D eigenvalue weighted by atomic mass is 19.4. The van der Waals surface area contributed by atoms with Gasteiger partial charge in [0.05, 0.1) is 12.8 Å². The Morgan fingerprint density at radius 1 is 1.35 bits per heavy atom. The van der Waals surface area contributed by atoms with Crippen LogP contribution in [0.1, 0.15) is 12.0 Å². The molecule has 0 aliphatic heterocycles. The molecule has 0 saturated carbocycles. The molecule has 0 bridgehead atoms. The van der Waals surface area contributed by atoms with Gasteiger partial charge in [0.2, 0.25) is 5.91 Å². The third-order valence-electron chi connectivity index (χ3n) is 2.05. The summed E-state index contributed by atoms with van der Waals surface area (Å²) in [6.07, 6.45) is -5.23. The van der Waals surface area contributed by atoms with E-state index >= 15 is 0 Å². The lowest BCUT2D eigenvalue weighted by Crippen LogP contribution is -2.29. The molecule has 0 aliphatic rings. The van der Waals surface area contributed by atoms with Gasteiger partial charge in [0, 0.05) is 12.2 Å². The van der Waals surface area contributed by atoms with Gasteiger partial charge in [0.15, 0.2) is 0 Å². The summed E-state index contributed by atoms with van der Waals surface area (Å²) >= 11 is 0. The number of carbonyl (C=O) groups excluding carboxylic acids is 1. The number of halogens is 3. The Hall–Kier alpha value is -1.72. The van der Waals surface area contributed by atoms with Gasteiger partial charge >= 0.3 is 6.18 Å². The van der Waals surface area contributed by atoms with Crippen molar-refractivity contribution in [2.75, 3.05) is 12.3 Å². The Kier molecular flexibility index (Phi) is 4.37. The summed E-state index contributed by atoms with van der Waals surface area (Å²) in [5.74, 6) is -0.445. The number of nitrogen functional groups attached to an aromatic ring is 1. The second-order valence-electron chi connectivity index (χ2n) is 3.64. The molecule has 94 valence electrons. The minimum absolute atomic E-state index is 0.0307. The summed E-state index contributed by atoms with van der Waals surface area (Å²) in [4.78, 5) is 11.3. The topological polar surface area (TPSA) is 55.1 Å². The Labute approximate surface area is 96.8 Å². The minimum Gasteiger partial charge on any atom is -0.399 e. The number of hydrogen-bond donors (Lipinski definition) is 2. The van der Waals surface area contributed by atoms with Crippen molar-refractivity contribution < 1.29 is 18.0 Å². The van der Waals surface area contributed by atoms with Gasteiger partial charge in [0.1, 0.15) is 0 Å². The average Bonchev–Trinajstić information content (AvgIpc) is 2.15. The van der Waals surface area contributed by atoms with Gasteiger partial charge in [0.25, 0.3) is 0 Å². The predicted octanol–water partition coefficient (Wildman–Crippen LogP) is 1.88. The van der Waals surface area contributed by atoms with Crippen LogP contribution >= 0.6 is 0 Å². The van der Waals surface area contributed by atoms with E-state index in [1.165, 1.54) is 0 Å². The lowest BCUT2D eigenvalue weighted by molar-refractivity contribution is -0.135. The maximum atomic E-state index is 11.8.